The van der Waals surface area contributed by atoms with Gasteiger partial charge >= 0.3 is 0 Å². The minimum Gasteiger partial charge on any atom is -0.354 e. The predicted octanol–water partition coefficient (Wildman–Crippen LogP) is 2.51. The molecule has 0 spiro atoms. The Hall–Kier alpha value is -0.760. The van der Waals surface area contributed by atoms with Crippen LogP contribution in [0.25, 0.3) is 0 Å². The maximum atomic E-state index is 5.84. The molecule has 0 atom stereocenters. The highest BCUT2D eigenvalue weighted by atomic mass is 35.5. The fourth-order valence-corrected chi connectivity index (χ4v) is 1.90. The fraction of sp³-hybridized carbons (Fsp3) is 0.500. The number of pyridine rings is 1. The highest BCUT2D eigenvalue weighted by Gasteiger charge is 2.34. The number of anilines is 1. The maximum Gasteiger partial charge on any atom is 0.133 e. The van der Waals surface area contributed by atoms with Gasteiger partial charge in [0.15, 0.2) is 0 Å². The van der Waals surface area contributed by atoms with Crippen molar-refractivity contribution >= 4 is 17.4 Å². The lowest BCUT2D eigenvalue weighted by atomic mass is 10.0. The quantitative estimate of drug-likeness (QED) is 0.593. The molecule has 0 saturated carbocycles. The summed E-state index contributed by atoms with van der Waals surface area (Å²) in [6.07, 6.45) is 1.04. The first-order chi connectivity index (χ1) is 6.00. The summed E-state index contributed by atoms with van der Waals surface area (Å²) in [6, 6.07) is 3.92. The standard InChI is InChI=1S/C10H13ClN2/c1-10(2)6-7-4-5-8(11)12-9(7)13(10)3/h4-5H,6H2,1-3H3. The van der Waals surface area contributed by atoms with Crippen LogP contribution < -0.4 is 4.90 Å². The SMILES string of the molecule is CN1c2nc(Cl)ccc2CC1(C)C. The molecule has 0 aromatic carbocycles. The molecule has 2 nitrogen and oxygen atoms in total. The van der Waals surface area contributed by atoms with Gasteiger partial charge in [0.1, 0.15) is 11.0 Å². The second kappa shape index (κ2) is 2.61. The second-order valence-corrected chi connectivity index (χ2v) is 4.55. The molecule has 1 aliphatic rings. The van der Waals surface area contributed by atoms with Crippen LogP contribution in [0.3, 0.4) is 0 Å². The first-order valence-electron chi connectivity index (χ1n) is 4.40. The molecule has 0 N–H and O–H groups in total. The van der Waals surface area contributed by atoms with Crippen molar-refractivity contribution in [3.05, 3.63) is 22.8 Å². The van der Waals surface area contributed by atoms with Crippen LogP contribution in [-0.4, -0.2) is 17.6 Å². The number of hydrogen-bond acceptors (Lipinski definition) is 2. The lowest BCUT2D eigenvalue weighted by molar-refractivity contribution is 0.514. The fourth-order valence-electron chi connectivity index (χ4n) is 1.75. The Morgan fingerprint density at radius 3 is 2.85 bits per heavy atom. The Morgan fingerprint density at radius 1 is 1.46 bits per heavy atom. The van der Waals surface area contributed by atoms with Gasteiger partial charge in [-0.3, -0.25) is 0 Å². The molecule has 1 aromatic rings. The van der Waals surface area contributed by atoms with E-state index >= 15 is 0 Å². The Labute approximate surface area is 83.5 Å². The van der Waals surface area contributed by atoms with Crippen LogP contribution in [-0.2, 0) is 6.42 Å². The average Bonchev–Trinajstić information content (AvgIpc) is 2.26. The predicted molar refractivity (Wildman–Crippen MR) is 55.4 cm³/mol. The van der Waals surface area contributed by atoms with Gasteiger partial charge in [0, 0.05) is 12.6 Å². The molecule has 0 saturated heterocycles. The van der Waals surface area contributed by atoms with E-state index in [-0.39, 0.29) is 5.54 Å². The Bertz CT molecular complexity index is 347. The second-order valence-electron chi connectivity index (χ2n) is 4.16. The number of halogens is 1. The number of nitrogens with zero attached hydrogens (tertiary/aromatic N) is 2. The van der Waals surface area contributed by atoms with Crippen LogP contribution in [0.2, 0.25) is 5.15 Å². The zero-order valence-electron chi connectivity index (χ0n) is 8.13. The van der Waals surface area contributed by atoms with Gasteiger partial charge in [-0.15, -0.1) is 0 Å². The monoisotopic (exact) mass is 196 g/mol. The topological polar surface area (TPSA) is 16.1 Å². The first-order valence-corrected chi connectivity index (χ1v) is 4.78. The van der Waals surface area contributed by atoms with E-state index in [1.165, 1.54) is 5.56 Å². The summed E-state index contributed by atoms with van der Waals surface area (Å²) >= 11 is 5.84. The Morgan fingerprint density at radius 2 is 2.15 bits per heavy atom. The van der Waals surface area contributed by atoms with E-state index in [9.17, 15) is 0 Å². The highest BCUT2D eigenvalue weighted by Crippen LogP contribution is 2.36. The third-order valence-corrected chi connectivity index (χ3v) is 2.98. The van der Waals surface area contributed by atoms with Gasteiger partial charge in [0.25, 0.3) is 0 Å². The molecule has 1 aliphatic heterocycles. The summed E-state index contributed by atoms with van der Waals surface area (Å²) in [5, 5.41) is 0.573. The van der Waals surface area contributed by atoms with E-state index in [1.54, 1.807) is 0 Å². The molecule has 13 heavy (non-hydrogen) atoms. The van der Waals surface area contributed by atoms with E-state index in [2.05, 4.69) is 36.8 Å². The van der Waals surface area contributed by atoms with Crippen LogP contribution in [0.4, 0.5) is 5.82 Å². The van der Waals surface area contributed by atoms with Crippen molar-refractivity contribution in [2.24, 2.45) is 0 Å². The molecule has 0 amide bonds. The van der Waals surface area contributed by atoms with Crippen LogP contribution in [0, 0.1) is 0 Å². The molecule has 0 unspecified atom stereocenters. The van der Waals surface area contributed by atoms with Crippen molar-refractivity contribution in [3.63, 3.8) is 0 Å². The van der Waals surface area contributed by atoms with Gasteiger partial charge in [-0.1, -0.05) is 17.7 Å². The molecule has 0 bridgehead atoms. The molecule has 2 rings (SSSR count). The zero-order chi connectivity index (χ0) is 9.64. The summed E-state index contributed by atoms with van der Waals surface area (Å²) in [4.78, 5) is 6.51. The van der Waals surface area contributed by atoms with Crippen LogP contribution >= 0.6 is 11.6 Å². The molecule has 0 radical (unpaired) electrons. The molecule has 0 fully saturated rings. The van der Waals surface area contributed by atoms with Gasteiger partial charge in [-0.05, 0) is 31.9 Å². The zero-order valence-corrected chi connectivity index (χ0v) is 8.89. The van der Waals surface area contributed by atoms with Gasteiger partial charge in [-0.2, -0.15) is 0 Å². The normalized spacial score (nSPS) is 18.9. The molecular formula is C10H13ClN2. The summed E-state index contributed by atoms with van der Waals surface area (Å²) in [6.45, 7) is 4.42. The third-order valence-electron chi connectivity index (χ3n) is 2.77. The molecular weight excluding hydrogens is 184 g/mol. The third kappa shape index (κ3) is 1.29. The van der Waals surface area contributed by atoms with Crippen molar-refractivity contribution in [3.8, 4) is 0 Å². The molecule has 2 heterocycles. The minimum absolute atomic E-state index is 0.167. The smallest absolute Gasteiger partial charge is 0.133 e. The van der Waals surface area contributed by atoms with Gasteiger partial charge in [0.2, 0.25) is 0 Å². The van der Waals surface area contributed by atoms with Crippen molar-refractivity contribution in [1.82, 2.24) is 4.98 Å². The van der Waals surface area contributed by atoms with Crippen molar-refractivity contribution in [1.29, 1.82) is 0 Å². The number of fused-ring (bicyclic) bond motifs is 1. The number of hydrogen-bond donors (Lipinski definition) is 0. The van der Waals surface area contributed by atoms with Gasteiger partial charge in [-0.25, -0.2) is 4.98 Å². The van der Waals surface area contributed by atoms with Gasteiger partial charge < -0.3 is 4.90 Å². The summed E-state index contributed by atoms with van der Waals surface area (Å²) in [7, 11) is 2.06. The lowest BCUT2D eigenvalue weighted by Crippen LogP contribution is -2.38. The average molecular weight is 197 g/mol. The molecule has 1 aromatic heterocycles. The van der Waals surface area contributed by atoms with E-state index in [0.717, 1.165) is 12.2 Å². The summed E-state index contributed by atoms with van der Waals surface area (Å²) < 4.78 is 0. The summed E-state index contributed by atoms with van der Waals surface area (Å²) in [5.41, 5.74) is 1.46. The lowest BCUT2D eigenvalue weighted by Gasteiger charge is -2.29. The Balaban J connectivity index is 2.51. The minimum atomic E-state index is 0.167. The molecule has 3 heteroatoms. The van der Waals surface area contributed by atoms with Crippen molar-refractivity contribution < 1.29 is 0 Å². The summed E-state index contributed by atoms with van der Waals surface area (Å²) in [5.74, 6) is 1.03. The van der Waals surface area contributed by atoms with Crippen LogP contribution in [0.1, 0.15) is 19.4 Å². The van der Waals surface area contributed by atoms with Crippen LogP contribution in [0.15, 0.2) is 12.1 Å². The van der Waals surface area contributed by atoms with Crippen LogP contribution in [0.5, 0.6) is 0 Å². The number of aromatic nitrogens is 1. The van der Waals surface area contributed by atoms with E-state index in [4.69, 9.17) is 11.6 Å². The van der Waals surface area contributed by atoms with Crippen molar-refractivity contribution in [2.75, 3.05) is 11.9 Å². The van der Waals surface area contributed by atoms with E-state index in [1.807, 2.05) is 6.07 Å². The number of likely N-dealkylation sites (N-methyl/N-ethyl adjacent to an activating group) is 1. The number of rotatable bonds is 0. The molecule has 70 valence electrons. The van der Waals surface area contributed by atoms with Gasteiger partial charge in [0.05, 0.1) is 0 Å². The first kappa shape index (κ1) is 8.82. The van der Waals surface area contributed by atoms with E-state index in [0.29, 0.717) is 5.15 Å². The largest absolute Gasteiger partial charge is 0.354 e. The highest BCUT2D eigenvalue weighted by molar-refractivity contribution is 6.29. The maximum absolute atomic E-state index is 5.84. The molecule has 0 aliphatic carbocycles. The van der Waals surface area contributed by atoms with Crippen molar-refractivity contribution in [2.45, 2.75) is 25.8 Å². The van der Waals surface area contributed by atoms with E-state index < -0.39 is 0 Å². The Kier molecular flexibility index (Phi) is 1.77.